The van der Waals surface area contributed by atoms with E-state index in [1.807, 2.05) is 11.9 Å². The molecule has 2 unspecified atom stereocenters. The molecule has 1 aliphatic carbocycles. The van der Waals surface area contributed by atoms with Crippen LogP contribution in [0.4, 0.5) is 5.69 Å². The molecule has 2 atom stereocenters. The molecule has 1 saturated heterocycles. The maximum atomic E-state index is 12.4. The molecule has 1 aliphatic heterocycles. The molecule has 0 radical (unpaired) electrons. The van der Waals surface area contributed by atoms with Crippen LogP contribution in [0.25, 0.3) is 0 Å². The molecular weight excluding hydrogens is 337 g/mol. The van der Waals surface area contributed by atoms with Gasteiger partial charge in [-0.1, -0.05) is 23.2 Å². The Kier molecular flexibility index (Phi) is 4.80. The van der Waals surface area contributed by atoms with Gasteiger partial charge in [0.05, 0.1) is 21.9 Å². The molecule has 3 rings (SSSR count). The van der Waals surface area contributed by atoms with Crippen molar-refractivity contribution in [2.75, 3.05) is 38.5 Å². The summed E-state index contributed by atoms with van der Waals surface area (Å²) in [5.74, 6) is -0.443. The third-order valence-electron chi connectivity index (χ3n) is 4.45. The van der Waals surface area contributed by atoms with Crippen LogP contribution in [0.3, 0.4) is 0 Å². The lowest BCUT2D eigenvalue weighted by molar-refractivity contribution is -0.135. The van der Waals surface area contributed by atoms with Gasteiger partial charge in [-0.25, -0.2) is 0 Å². The monoisotopic (exact) mass is 355 g/mol. The lowest BCUT2D eigenvalue weighted by Crippen LogP contribution is -2.48. The number of amides is 2. The van der Waals surface area contributed by atoms with Gasteiger partial charge in [-0.2, -0.15) is 0 Å². The van der Waals surface area contributed by atoms with Gasteiger partial charge in [-0.15, -0.1) is 0 Å². The van der Waals surface area contributed by atoms with Crippen molar-refractivity contribution in [3.8, 4) is 0 Å². The lowest BCUT2D eigenvalue weighted by atomic mass is 10.2. The van der Waals surface area contributed by atoms with E-state index in [1.165, 1.54) is 0 Å². The van der Waals surface area contributed by atoms with Gasteiger partial charge in [0.2, 0.25) is 11.8 Å². The van der Waals surface area contributed by atoms with Crippen molar-refractivity contribution >= 4 is 40.7 Å². The van der Waals surface area contributed by atoms with E-state index in [2.05, 4.69) is 10.2 Å². The van der Waals surface area contributed by atoms with Gasteiger partial charge in [0.15, 0.2) is 0 Å². The van der Waals surface area contributed by atoms with Crippen LogP contribution in [-0.4, -0.2) is 54.8 Å². The number of benzene rings is 1. The van der Waals surface area contributed by atoms with Gasteiger partial charge in [0.25, 0.3) is 0 Å². The number of nitrogens with one attached hydrogen (secondary N) is 1. The summed E-state index contributed by atoms with van der Waals surface area (Å²) in [4.78, 5) is 28.7. The van der Waals surface area contributed by atoms with Crippen LogP contribution in [0.15, 0.2) is 18.2 Å². The van der Waals surface area contributed by atoms with Crippen molar-refractivity contribution in [3.05, 3.63) is 28.2 Å². The van der Waals surface area contributed by atoms with Crippen LogP contribution in [0.5, 0.6) is 0 Å². The van der Waals surface area contributed by atoms with E-state index in [9.17, 15) is 9.59 Å². The zero-order chi connectivity index (χ0) is 16.6. The van der Waals surface area contributed by atoms with E-state index < -0.39 is 0 Å². The van der Waals surface area contributed by atoms with E-state index in [0.29, 0.717) is 22.2 Å². The number of anilines is 1. The number of piperazine rings is 1. The van der Waals surface area contributed by atoms with Crippen LogP contribution in [0.1, 0.15) is 6.42 Å². The first-order chi connectivity index (χ1) is 11.0. The van der Waals surface area contributed by atoms with Gasteiger partial charge in [-0.05, 0) is 31.7 Å². The molecule has 2 fully saturated rings. The maximum Gasteiger partial charge on any atom is 0.228 e. The van der Waals surface area contributed by atoms with E-state index >= 15 is 0 Å². The molecule has 7 heteroatoms. The second-order valence-electron chi connectivity index (χ2n) is 6.20. The smallest absolute Gasteiger partial charge is 0.228 e. The Labute approximate surface area is 145 Å². The third-order valence-corrected chi connectivity index (χ3v) is 5.19. The molecule has 1 heterocycles. The highest BCUT2D eigenvalue weighted by atomic mass is 35.5. The van der Waals surface area contributed by atoms with Gasteiger partial charge in [0.1, 0.15) is 0 Å². The molecule has 1 N–H and O–H groups in total. The fourth-order valence-electron chi connectivity index (χ4n) is 2.83. The van der Waals surface area contributed by atoms with E-state index in [1.54, 1.807) is 18.2 Å². The summed E-state index contributed by atoms with van der Waals surface area (Å²) in [5.41, 5.74) is 0.599. The van der Waals surface area contributed by atoms with Crippen LogP contribution in [0, 0.1) is 11.8 Å². The Bertz CT molecular complexity index is 630. The summed E-state index contributed by atoms with van der Waals surface area (Å²) >= 11 is 11.8. The summed E-state index contributed by atoms with van der Waals surface area (Å²) in [6.07, 6.45) is 0.623. The average molecular weight is 356 g/mol. The number of likely N-dealkylation sites (N-methyl/N-ethyl adjacent to an activating group) is 1. The summed E-state index contributed by atoms with van der Waals surface area (Å²) < 4.78 is 0. The largest absolute Gasteiger partial charge is 0.340 e. The Morgan fingerprint density at radius 3 is 2.43 bits per heavy atom. The van der Waals surface area contributed by atoms with Gasteiger partial charge in [0, 0.05) is 31.9 Å². The van der Waals surface area contributed by atoms with Gasteiger partial charge >= 0.3 is 0 Å². The SMILES string of the molecule is CN1CCN(C(=O)C2CC2C(=O)Nc2ccc(Cl)c(Cl)c2)CC1. The molecule has 1 aromatic rings. The molecule has 23 heavy (non-hydrogen) atoms. The number of halogens is 2. The van der Waals surface area contributed by atoms with E-state index in [4.69, 9.17) is 23.2 Å². The summed E-state index contributed by atoms with van der Waals surface area (Å²) in [6, 6.07) is 4.95. The number of rotatable bonds is 3. The lowest BCUT2D eigenvalue weighted by Gasteiger charge is -2.32. The normalized spacial score (nSPS) is 24.4. The molecule has 124 valence electrons. The predicted octanol–water partition coefficient (Wildman–Crippen LogP) is 2.34. The Morgan fingerprint density at radius 1 is 1.09 bits per heavy atom. The fraction of sp³-hybridized carbons (Fsp3) is 0.500. The van der Waals surface area contributed by atoms with Crippen LogP contribution < -0.4 is 5.32 Å². The molecule has 2 amide bonds. The molecule has 0 aromatic heterocycles. The van der Waals surface area contributed by atoms with Crippen molar-refractivity contribution in [1.29, 1.82) is 0 Å². The fourth-order valence-corrected chi connectivity index (χ4v) is 3.13. The zero-order valence-electron chi connectivity index (χ0n) is 12.9. The standard InChI is InChI=1S/C16H19Cl2N3O2/c1-20-4-6-21(7-5-20)16(23)12-9-11(12)15(22)19-10-2-3-13(17)14(18)8-10/h2-3,8,11-12H,4-7,9H2,1H3,(H,19,22). The van der Waals surface area contributed by atoms with Crippen molar-refractivity contribution in [2.24, 2.45) is 11.8 Å². The van der Waals surface area contributed by atoms with Gasteiger partial charge < -0.3 is 15.1 Å². The highest BCUT2D eigenvalue weighted by Gasteiger charge is 2.49. The van der Waals surface area contributed by atoms with Gasteiger partial charge in [-0.3, -0.25) is 9.59 Å². The summed E-state index contributed by atoms with van der Waals surface area (Å²) in [6.45, 7) is 3.26. The van der Waals surface area contributed by atoms with Crippen molar-refractivity contribution in [3.63, 3.8) is 0 Å². The van der Waals surface area contributed by atoms with Crippen molar-refractivity contribution in [1.82, 2.24) is 9.80 Å². The Balaban J connectivity index is 1.54. The van der Waals surface area contributed by atoms with Crippen molar-refractivity contribution < 1.29 is 9.59 Å². The highest BCUT2D eigenvalue weighted by Crippen LogP contribution is 2.41. The molecule has 5 nitrogen and oxygen atoms in total. The quantitative estimate of drug-likeness (QED) is 0.905. The maximum absolute atomic E-state index is 12.4. The number of carbonyl (C=O) groups excluding carboxylic acids is 2. The Morgan fingerprint density at radius 2 is 1.78 bits per heavy atom. The molecule has 1 saturated carbocycles. The van der Waals surface area contributed by atoms with Crippen LogP contribution in [-0.2, 0) is 9.59 Å². The summed E-state index contributed by atoms with van der Waals surface area (Å²) in [5, 5.41) is 3.64. The topological polar surface area (TPSA) is 52.7 Å². The predicted molar refractivity (Wildman–Crippen MR) is 90.8 cm³/mol. The number of carbonyl (C=O) groups is 2. The molecule has 2 aliphatic rings. The zero-order valence-corrected chi connectivity index (χ0v) is 14.4. The third kappa shape index (κ3) is 3.79. The van der Waals surface area contributed by atoms with Crippen LogP contribution >= 0.6 is 23.2 Å². The van der Waals surface area contributed by atoms with E-state index in [0.717, 1.165) is 26.2 Å². The molecule has 0 spiro atoms. The Hall–Kier alpha value is -1.30. The minimum Gasteiger partial charge on any atom is -0.340 e. The average Bonchev–Trinajstić information content (AvgIpc) is 3.32. The highest BCUT2D eigenvalue weighted by molar-refractivity contribution is 6.42. The molecule has 0 bridgehead atoms. The molecule has 1 aromatic carbocycles. The number of hydrogen-bond acceptors (Lipinski definition) is 3. The minimum atomic E-state index is -0.239. The second kappa shape index (κ2) is 6.67. The van der Waals surface area contributed by atoms with Crippen LogP contribution in [0.2, 0.25) is 10.0 Å². The first-order valence-electron chi connectivity index (χ1n) is 7.69. The first-order valence-corrected chi connectivity index (χ1v) is 8.44. The second-order valence-corrected chi connectivity index (χ2v) is 7.01. The van der Waals surface area contributed by atoms with Crippen molar-refractivity contribution in [2.45, 2.75) is 6.42 Å². The van der Waals surface area contributed by atoms with E-state index in [-0.39, 0.29) is 23.7 Å². The minimum absolute atomic E-state index is 0.104. The number of hydrogen-bond donors (Lipinski definition) is 1. The first kappa shape index (κ1) is 16.6. The molecular formula is C16H19Cl2N3O2. The summed E-state index contributed by atoms with van der Waals surface area (Å²) in [7, 11) is 2.05. The number of nitrogens with zero attached hydrogens (tertiary/aromatic N) is 2.